The number of carbonyl (C=O) groups excluding carboxylic acids is 2. The SMILES string of the molecule is CN(C)CCc1c(C(=O)O)[nH]c2ccc(CCN3C(=O)NC(c4ccccc4)(c4ccccc4)C3=O)cc12. The van der Waals surface area contributed by atoms with Crippen molar-refractivity contribution in [2.75, 3.05) is 27.2 Å². The van der Waals surface area contributed by atoms with Crippen LogP contribution in [0.4, 0.5) is 4.79 Å². The van der Waals surface area contributed by atoms with E-state index in [2.05, 4.69) is 10.3 Å². The van der Waals surface area contributed by atoms with E-state index < -0.39 is 17.5 Å². The number of rotatable bonds is 9. The summed E-state index contributed by atoms with van der Waals surface area (Å²) in [5.41, 5.74) is 2.73. The molecule has 0 saturated carbocycles. The maximum absolute atomic E-state index is 13.9. The van der Waals surface area contributed by atoms with E-state index in [0.717, 1.165) is 22.0 Å². The van der Waals surface area contributed by atoms with Crippen LogP contribution >= 0.6 is 0 Å². The van der Waals surface area contributed by atoms with Gasteiger partial charge >= 0.3 is 12.0 Å². The van der Waals surface area contributed by atoms with E-state index in [1.807, 2.05) is 97.9 Å². The lowest BCUT2D eigenvalue weighted by Gasteiger charge is -2.28. The quantitative estimate of drug-likeness (QED) is 0.295. The molecule has 1 aliphatic heterocycles. The van der Waals surface area contributed by atoms with E-state index in [1.165, 1.54) is 4.90 Å². The molecule has 38 heavy (non-hydrogen) atoms. The number of carbonyl (C=O) groups is 3. The van der Waals surface area contributed by atoms with E-state index in [0.29, 0.717) is 30.5 Å². The lowest BCUT2D eigenvalue weighted by Crippen LogP contribution is -2.45. The van der Waals surface area contributed by atoms with E-state index in [9.17, 15) is 19.5 Å². The van der Waals surface area contributed by atoms with Crippen LogP contribution in [0.2, 0.25) is 0 Å². The molecule has 3 N–H and O–H groups in total. The van der Waals surface area contributed by atoms with E-state index in [-0.39, 0.29) is 18.1 Å². The fraction of sp³-hybridized carbons (Fsp3) is 0.233. The molecule has 5 rings (SSSR count). The Bertz CT molecular complexity index is 1460. The smallest absolute Gasteiger partial charge is 0.352 e. The average molecular weight is 511 g/mol. The van der Waals surface area contributed by atoms with Gasteiger partial charge in [-0.1, -0.05) is 66.7 Å². The van der Waals surface area contributed by atoms with Crippen molar-refractivity contribution in [1.82, 2.24) is 20.1 Å². The molecule has 194 valence electrons. The van der Waals surface area contributed by atoms with Gasteiger partial charge in [-0.05, 0) is 61.3 Å². The predicted molar refractivity (Wildman–Crippen MR) is 145 cm³/mol. The first-order valence-corrected chi connectivity index (χ1v) is 12.6. The maximum atomic E-state index is 13.9. The molecule has 8 heteroatoms. The number of hydrogen-bond acceptors (Lipinski definition) is 4. The molecule has 0 aliphatic carbocycles. The second-order valence-corrected chi connectivity index (χ2v) is 9.84. The average Bonchev–Trinajstić information content (AvgIpc) is 3.41. The summed E-state index contributed by atoms with van der Waals surface area (Å²) >= 11 is 0. The fourth-order valence-corrected chi connectivity index (χ4v) is 5.18. The molecule has 8 nitrogen and oxygen atoms in total. The monoisotopic (exact) mass is 510 g/mol. The van der Waals surface area contributed by atoms with Crippen LogP contribution in [0, 0.1) is 0 Å². The lowest BCUT2D eigenvalue weighted by molar-refractivity contribution is -0.130. The van der Waals surface area contributed by atoms with Crippen LogP contribution in [0.15, 0.2) is 78.9 Å². The van der Waals surface area contributed by atoms with Crippen LogP contribution in [-0.4, -0.2) is 65.0 Å². The normalized spacial score (nSPS) is 14.9. The maximum Gasteiger partial charge on any atom is 0.352 e. The van der Waals surface area contributed by atoms with Crippen molar-refractivity contribution in [1.29, 1.82) is 0 Å². The van der Waals surface area contributed by atoms with Crippen molar-refractivity contribution in [3.05, 3.63) is 107 Å². The molecular weight excluding hydrogens is 480 g/mol. The standard InChI is InChI=1S/C30H30N4O4/c1-33(2)17-16-23-24-19-20(13-14-25(24)31-26(23)27(35)36)15-18-34-28(37)30(32-29(34)38,21-9-5-3-6-10-21)22-11-7-4-8-12-22/h3-14,19,31H,15-18H2,1-2H3,(H,32,38)(H,35,36). The topological polar surface area (TPSA) is 106 Å². The third kappa shape index (κ3) is 4.43. The molecule has 0 atom stereocenters. The molecule has 1 fully saturated rings. The predicted octanol–water partition coefficient (Wildman–Crippen LogP) is 4.01. The second kappa shape index (κ2) is 10.1. The molecule has 1 aromatic heterocycles. The molecule has 4 aromatic rings. The molecular formula is C30H30N4O4. The van der Waals surface area contributed by atoms with Crippen LogP contribution < -0.4 is 5.32 Å². The minimum absolute atomic E-state index is 0.195. The number of aromatic carboxylic acids is 1. The number of fused-ring (bicyclic) bond motifs is 1. The van der Waals surface area contributed by atoms with Crippen molar-refractivity contribution >= 4 is 28.8 Å². The van der Waals surface area contributed by atoms with Gasteiger partial charge in [0.2, 0.25) is 0 Å². The van der Waals surface area contributed by atoms with Crippen LogP contribution in [0.1, 0.15) is 32.7 Å². The fourth-order valence-electron chi connectivity index (χ4n) is 5.18. The van der Waals surface area contributed by atoms with Crippen LogP contribution in [-0.2, 0) is 23.2 Å². The van der Waals surface area contributed by atoms with Gasteiger partial charge in [-0.2, -0.15) is 0 Å². The zero-order valence-corrected chi connectivity index (χ0v) is 21.4. The molecule has 0 unspecified atom stereocenters. The molecule has 3 aromatic carbocycles. The number of carboxylic acids is 1. The van der Waals surface area contributed by atoms with Gasteiger partial charge in [-0.15, -0.1) is 0 Å². The number of amides is 3. The highest BCUT2D eigenvalue weighted by atomic mass is 16.4. The van der Waals surface area contributed by atoms with Crippen LogP contribution in [0.3, 0.4) is 0 Å². The Labute approximate surface area is 220 Å². The van der Waals surface area contributed by atoms with Crippen molar-refractivity contribution in [2.45, 2.75) is 18.4 Å². The van der Waals surface area contributed by atoms with Gasteiger partial charge in [0.15, 0.2) is 5.54 Å². The van der Waals surface area contributed by atoms with Crippen LogP contribution in [0.25, 0.3) is 10.9 Å². The van der Waals surface area contributed by atoms with Gasteiger partial charge in [-0.3, -0.25) is 9.69 Å². The van der Waals surface area contributed by atoms with E-state index in [4.69, 9.17) is 0 Å². The zero-order valence-electron chi connectivity index (χ0n) is 21.4. The first-order chi connectivity index (χ1) is 18.3. The number of H-pyrrole nitrogens is 1. The summed E-state index contributed by atoms with van der Waals surface area (Å²) in [6.07, 6.45) is 1.03. The number of nitrogens with one attached hydrogen (secondary N) is 2. The Morgan fingerprint density at radius 3 is 2.13 bits per heavy atom. The van der Waals surface area contributed by atoms with Gasteiger partial charge in [0.1, 0.15) is 5.69 Å². The first-order valence-electron chi connectivity index (χ1n) is 12.6. The van der Waals surface area contributed by atoms with Crippen molar-refractivity contribution in [3.8, 4) is 0 Å². The van der Waals surface area contributed by atoms with Gasteiger partial charge < -0.3 is 20.3 Å². The molecule has 1 aliphatic rings. The van der Waals surface area contributed by atoms with Gasteiger partial charge in [0.25, 0.3) is 5.91 Å². The Balaban J connectivity index is 1.44. The number of benzene rings is 3. The minimum atomic E-state index is -1.29. The van der Waals surface area contributed by atoms with Crippen molar-refractivity contribution < 1.29 is 19.5 Å². The summed E-state index contributed by atoms with van der Waals surface area (Å²) in [7, 11) is 3.90. The Morgan fingerprint density at radius 1 is 0.921 bits per heavy atom. The highest BCUT2D eigenvalue weighted by molar-refractivity contribution is 6.09. The number of likely N-dealkylation sites (N-methyl/N-ethyl adjacent to an activating group) is 1. The third-order valence-electron chi connectivity index (χ3n) is 7.14. The highest BCUT2D eigenvalue weighted by Crippen LogP contribution is 2.36. The van der Waals surface area contributed by atoms with E-state index in [1.54, 1.807) is 0 Å². The largest absolute Gasteiger partial charge is 0.477 e. The summed E-state index contributed by atoms with van der Waals surface area (Å²) in [6.45, 7) is 0.905. The number of nitrogens with zero attached hydrogens (tertiary/aromatic N) is 2. The van der Waals surface area contributed by atoms with Crippen molar-refractivity contribution in [3.63, 3.8) is 0 Å². The molecule has 0 bridgehead atoms. The van der Waals surface area contributed by atoms with Crippen LogP contribution in [0.5, 0.6) is 0 Å². The summed E-state index contributed by atoms with van der Waals surface area (Å²) in [6, 6.07) is 23.9. The number of hydrogen-bond donors (Lipinski definition) is 3. The van der Waals surface area contributed by atoms with Gasteiger partial charge in [-0.25, -0.2) is 9.59 Å². The number of aromatic amines is 1. The lowest BCUT2D eigenvalue weighted by atomic mass is 9.82. The summed E-state index contributed by atoms with van der Waals surface area (Å²) in [5.74, 6) is -1.31. The van der Waals surface area contributed by atoms with Gasteiger partial charge in [0, 0.05) is 24.0 Å². The summed E-state index contributed by atoms with van der Waals surface area (Å²) in [4.78, 5) is 45.3. The first kappa shape index (κ1) is 25.2. The third-order valence-corrected chi connectivity index (χ3v) is 7.14. The number of aromatic nitrogens is 1. The molecule has 1 saturated heterocycles. The Kier molecular flexibility index (Phi) is 6.73. The zero-order chi connectivity index (χ0) is 26.9. The van der Waals surface area contributed by atoms with E-state index >= 15 is 0 Å². The number of imide groups is 1. The highest BCUT2D eigenvalue weighted by Gasteiger charge is 2.53. The summed E-state index contributed by atoms with van der Waals surface area (Å²) < 4.78 is 0. The van der Waals surface area contributed by atoms with Gasteiger partial charge in [0.05, 0.1) is 0 Å². The minimum Gasteiger partial charge on any atom is -0.477 e. The Hall–Kier alpha value is -4.43. The Morgan fingerprint density at radius 2 is 1.55 bits per heavy atom. The molecule has 0 radical (unpaired) electrons. The van der Waals surface area contributed by atoms with Crippen molar-refractivity contribution in [2.24, 2.45) is 0 Å². The molecule has 0 spiro atoms. The summed E-state index contributed by atoms with van der Waals surface area (Å²) in [5, 5.41) is 13.5. The molecule has 3 amide bonds. The second-order valence-electron chi connectivity index (χ2n) is 9.84. The number of urea groups is 1. The number of carboxylic acid groups (broad SMARTS) is 1. The molecule has 2 heterocycles.